The number of aliphatic imine (C=N–C) groups is 1. The molecular formula is C8H5BrFNS. The topological polar surface area (TPSA) is 12.4 Å². The van der Waals surface area contributed by atoms with Gasteiger partial charge >= 0.3 is 0 Å². The van der Waals surface area contributed by atoms with Crippen LogP contribution < -0.4 is 0 Å². The molecule has 1 rings (SSSR count). The molecule has 0 aliphatic rings. The first-order chi connectivity index (χ1) is 5.74. The largest absolute Gasteiger partial charge is 0.228 e. The van der Waals surface area contributed by atoms with E-state index in [0.717, 1.165) is 5.56 Å². The second-order valence-electron chi connectivity index (χ2n) is 2.16. The predicted octanol–water partition coefficient (Wildman–Crippen LogP) is 3.19. The summed E-state index contributed by atoms with van der Waals surface area (Å²) in [6.07, 6.45) is 0. The SMILES string of the molecule is Fc1ccc(CN=C=S)cc1Br. The smallest absolute Gasteiger partial charge is 0.137 e. The number of isothiocyanates is 1. The van der Waals surface area contributed by atoms with Gasteiger partial charge < -0.3 is 0 Å². The summed E-state index contributed by atoms with van der Waals surface area (Å²) in [5.41, 5.74) is 0.903. The molecule has 4 heteroatoms. The predicted molar refractivity (Wildman–Crippen MR) is 52.8 cm³/mol. The van der Waals surface area contributed by atoms with Crippen LogP contribution in [0.5, 0.6) is 0 Å². The summed E-state index contributed by atoms with van der Waals surface area (Å²) in [6, 6.07) is 4.72. The number of thiocarbonyl (C=S) groups is 1. The van der Waals surface area contributed by atoms with Crippen molar-refractivity contribution in [1.29, 1.82) is 0 Å². The molecule has 0 unspecified atom stereocenters. The summed E-state index contributed by atoms with van der Waals surface area (Å²) in [6.45, 7) is 0.447. The third-order valence-corrected chi connectivity index (χ3v) is 2.05. The van der Waals surface area contributed by atoms with Gasteiger partial charge in [-0.25, -0.2) is 9.38 Å². The minimum atomic E-state index is -0.273. The molecule has 0 saturated heterocycles. The second-order valence-corrected chi connectivity index (χ2v) is 3.19. The lowest BCUT2D eigenvalue weighted by Crippen LogP contribution is -1.83. The van der Waals surface area contributed by atoms with Gasteiger partial charge in [0.05, 0.1) is 16.2 Å². The van der Waals surface area contributed by atoms with Gasteiger partial charge in [-0.3, -0.25) is 0 Å². The van der Waals surface area contributed by atoms with E-state index in [9.17, 15) is 4.39 Å². The van der Waals surface area contributed by atoms with E-state index in [1.807, 2.05) is 0 Å². The maximum Gasteiger partial charge on any atom is 0.137 e. The van der Waals surface area contributed by atoms with E-state index < -0.39 is 0 Å². The third-order valence-electron chi connectivity index (χ3n) is 1.31. The maximum atomic E-state index is 12.7. The van der Waals surface area contributed by atoms with Gasteiger partial charge in [-0.2, -0.15) is 0 Å². The first-order valence-corrected chi connectivity index (χ1v) is 4.41. The summed E-state index contributed by atoms with van der Waals surface area (Å²) < 4.78 is 13.2. The van der Waals surface area contributed by atoms with Gasteiger partial charge in [0.25, 0.3) is 0 Å². The van der Waals surface area contributed by atoms with Gasteiger partial charge in [0.15, 0.2) is 0 Å². The van der Waals surface area contributed by atoms with Crippen LogP contribution in [0.2, 0.25) is 0 Å². The quantitative estimate of drug-likeness (QED) is 0.576. The van der Waals surface area contributed by atoms with E-state index in [-0.39, 0.29) is 5.82 Å². The minimum Gasteiger partial charge on any atom is -0.228 e. The monoisotopic (exact) mass is 245 g/mol. The van der Waals surface area contributed by atoms with Crippen LogP contribution in [0, 0.1) is 5.82 Å². The van der Waals surface area contributed by atoms with Crippen molar-refractivity contribution in [3.05, 3.63) is 34.1 Å². The molecule has 0 spiro atoms. The minimum absolute atomic E-state index is 0.273. The Kier molecular flexibility index (Phi) is 3.53. The van der Waals surface area contributed by atoms with Crippen LogP contribution in [-0.2, 0) is 6.54 Å². The molecule has 0 heterocycles. The summed E-state index contributed by atoms with van der Waals surface area (Å²) in [5.74, 6) is -0.273. The molecule has 1 nitrogen and oxygen atoms in total. The van der Waals surface area contributed by atoms with E-state index in [1.165, 1.54) is 6.07 Å². The second kappa shape index (κ2) is 4.45. The average molecular weight is 246 g/mol. The molecule has 0 aliphatic heterocycles. The molecule has 0 aliphatic carbocycles. The Morgan fingerprint density at radius 1 is 1.58 bits per heavy atom. The molecule has 0 N–H and O–H groups in total. The Hall–Kier alpha value is -0.570. The van der Waals surface area contributed by atoms with Crippen LogP contribution in [0.15, 0.2) is 27.7 Å². The Morgan fingerprint density at radius 2 is 2.33 bits per heavy atom. The Labute approximate surface area is 83.4 Å². The number of benzene rings is 1. The summed E-state index contributed by atoms with van der Waals surface area (Å²) in [5, 5.41) is 2.25. The van der Waals surface area contributed by atoms with Crippen molar-refractivity contribution in [2.24, 2.45) is 4.99 Å². The molecule has 62 valence electrons. The zero-order valence-electron chi connectivity index (χ0n) is 6.05. The number of hydrogen-bond donors (Lipinski definition) is 0. The molecule has 1 aromatic rings. The third kappa shape index (κ3) is 2.48. The molecule has 12 heavy (non-hydrogen) atoms. The highest BCUT2D eigenvalue weighted by Crippen LogP contribution is 2.16. The van der Waals surface area contributed by atoms with Crippen molar-refractivity contribution < 1.29 is 4.39 Å². The van der Waals surface area contributed by atoms with Crippen molar-refractivity contribution in [3.8, 4) is 0 Å². The maximum absolute atomic E-state index is 12.7. The summed E-state index contributed by atoms with van der Waals surface area (Å²) >= 11 is 7.48. The average Bonchev–Trinajstić information content (AvgIpc) is 2.07. The van der Waals surface area contributed by atoms with Crippen LogP contribution in [0.3, 0.4) is 0 Å². The fourth-order valence-electron chi connectivity index (χ4n) is 0.762. The fraction of sp³-hybridized carbons (Fsp3) is 0.125. The molecular weight excluding hydrogens is 241 g/mol. The first-order valence-electron chi connectivity index (χ1n) is 3.21. The normalized spacial score (nSPS) is 9.17. The number of nitrogens with zero attached hydrogens (tertiary/aromatic N) is 1. The highest BCUT2D eigenvalue weighted by Gasteiger charge is 1.98. The van der Waals surface area contributed by atoms with Crippen molar-refractivity contribution in [3.63, 3.8) is 0 Å². The molecule has 0 bridgehead atoms. The van der Waals surface area contributed by atoms with Gasteiger partial charge in [-0.1, -0.05) is 6.07 Å². The lowest BCUT2D eigenvalue weighted by molar-refractivity contribution is 0.620. The number of rotatable bonds is 2. The fourth-order valence-corrected chi connectivity index (χ4v) is 1.25. The summed E-state index contributed by atoms with van der Waals surface area (Å²) in [7, 11) is 0. The first kappa shape index (κ1) is 9.52. The van der Waals surface area contributed by atoms with Crippen LogP contribution in [0.1, 0.15) is 5.56 Å². The van der Waals surface area contributed by atoms with Gasteiger partial charge in [-0.05, 0) is 45.8 Å². The number of hydrogen-bond acceptors (Lipinski definition) is 2. The molecule has 0 aromatic heterocycles. The van der Waals surface area contributed by atoms with Crippen LogP contribution in [0.25, 0.3) is 0 Å². The summed E-state index contributed by atoms with van der Waals surface area (Å²) in [4.78, 5) is 3.73. The molecule has 0 amide bonds. The van der Waals surface area contributed by atoms with Crippen molar-refractivity contribution in [2.45, 2.75) is 6.54 Å². The Bertz CT molecular complexity index is 334. The lowest BCUT2D eigenvalue weighted by Gasteiger charge is -1.97. The standard InChI is InChI=1S/C8H5BrFNS/c9-7-3-6(4-11-5-12)1-2-8(7)10/h1-3H,4H2. The highest BCUT2D eigenvalue weighted by molar-refractivity contribution is 9.10. The Morgan fingerprint density at radius 3 is 2.92 bits per heavy atom. The van der Waals surface area contributed by atoms with Crippen LogP contribution in [-0.4, -0.2) is 5.16 Å². The zero-order valence-corrected chi connectivity index (χ0v) is 8.45. The van der Waals surface area contributed by atoms with E-state index in [1.54, 1.807) is 12.1 Å². The van der Waals surface area contributed by atoms with Crippen molar-refractivity contribution in [2.75, 3.05) is 0 Å². The molecule has 0 atom stereocenters. The molecule has 1 aromatic carbocycles. The number of halogens is 2. The van der Waals surface area contributed by atoms with Crippen LogP contribution >= 0.6 is 28.1 Å². The van der Waals surface area contributed by atoms with E-state index in [0.29, 0.717) is 11.0 Å². The van der Waals surface area contributed by atoms with Crippen LogP contribution in [0.4, 0.5) is 4.39 Å². The van der Waals surface area contributed by atoms with E-state index >= 15 is 0 Å². The molecule has 0 fully saturated rings. The van der Waals surface area contributed by atoms with E-state index in [2.05, 4.69) is 38.3 Å². The highest BCUT2D eigenvalue weighted by atomic mass is 79.9. The van der Waals surface area contributed by atoms with E-state index in [4.69, 9.17) is 0 Å². The van der Waals surface area contributed by atoms with Gasteiger partial charge in [0.1, 0.15) is 5.82 Å². The van der Waals surface area contributed by atoms with Gasteiger partial charge in [0, 0.05) is 0 Å². The Balaban J connectivity index is 2.89. The lowest BCUT2D eigenvalue weighted by atomic mass is 10.2. The van der Waals surface area contributed by atoms with Gasteiger partial charge in [-0.15, -0.1) is 0 Å². The molecule has 0 radical (unpaired) electrons. The van der Waals surface area contributed by atoms with Gasteiger partial charge in [0.2, 0.25) is 0 Å². The zero-order chi connectivity index (χ0) is 8.97. The van der Waals surface area contributed by atoms with Crippen molar-refractivity contribution in [1.82, 2.24) is 0 Å². The van der Waals surface area contributed by atoms with Crippen molar-refractivity contribution >= 4 is 33.3 Å². The molecule has 0 saturated carbocycles.